The maximum Gasteiger partial charge on any atom is 0.254 e. The van der Waals surface area contributed by atoms with Gasteiger partial charge in [-0.25, -0.2) is 8.78 Å². The van der Waals surface area contributed by atoms with Gasteiger partial charge < -0.3 is 11.1 Å². The summed E-state index contributed by atoms with van der Waals surface area (Å²) in [7, 11) is 0. The Morgan fingerprint density at radius 3 is 2.67 bits per heavy atom. The summed E-state index contributed by atoms with van der Waals surface area (Å²) in [6, 6.07) is 2.69. The summed E-state index contributed by atoms with van der Waals surface area (Å²) in [5, 5.41) is 2.29. The molecule has 1 aromatic carbocycles. The molecule has 80 valence electrons. The molecule has 0 radical (unpaired) electrons. The maximum absolute atomic E-state index is 13.1. The van der Waals surface area contributed by atoms with Gasteiger partial charge in [0.15, 0.2) is 0 Å². The van der Waals surface area contributed by atoms with Gasteiger partial charge in [-0.05, 0) is 12.1 Å². The van der Waals surface area contributed by atoms with Crippen LogP contribution in [0.25, 0.3) is 0 Å². The molecule has 0 spiro atoms. The summed E-state index contributed by atoms with van der Waals surface area (Å²) >= 11 is 4.53. The number of hydrogen-bond donors (Lipinski definition) is 2. The molecule has 0 aliphatic carbocycles. The number of nitrogens with two attached hydrogens (primary N) is 1. The van der Waals surface area contributed by atoms with Crippen LogP contribution in [0.3, 0.4) is 0 Å². The molecule has 3 nitrogen and oxygen atoms in total. The molecule has 0 aliphatic rings. The third-order valence-electron chi connectivity index (χ3n) is 1.60. The Bertz CT molecular complexity index is 409. The van der Waals surface area contributed by atoms with E-state index in [-0.39, 0.29) is 17.1 Å². The molecule has 1 aromatic rings. The lowest BCUT2D eigenvalue weighted by atomic mass is 10.2. The Balaban J connectivity index is 2.78. The van der Waals surface area contributed by atoms with Gasteiger partial charge in [0.2, 0.25) is 0 Å². The van der Waals surface area contributed by atoms with Gasteiger partial charge in [0.1, 0.15) is 11.6 Å². The van der Waals surface area contributed by atoms with Crippen LogP contribution in [-0.4, -0.2) is 17.4 Å². The van der Waals surface area contributed by atoms with Crippen molar-refractivity contribution in [2.75, 3.05) is 6.54 Å². The zero-order valence-electron chi connectivity index (χ0n) is 7.59. The first-order valence-corrected chi connectivity index (χ1v) is 4.43. The van der Waals surface area contributed by atoms with Crippen LogP contribution in [0.2, 0.25) is 0 Å². The Morgan fingerprint density at radius 1 is 1.47 bits per heavy atom. The summed E-state index contributed by atoms with van der Waals surface area (Å²) in [6.07, 6.45) is 0. The highest BCUT2D eigenvalue weighted by atomic mass is 32.1. The highest BCUT2D eigenvalue weighted by Gasteiger charge is 2.11. The van der Waals surface area contributed by atoms with E-state index in [0.717, 1.165) is 12.1 Å². The van der Waals surface area contributed by atoms with E-state index >= 15 is 0 Å². The molecule has 0 atom stereocenters. The van der Waals surface area contributed by atoms with E-state index in [9.17, 15) is 13.6 Å². The second-order valence-electron chi connectivity index (χ2n) is 2.77. The summed E-state index contributed by atoms with van der Waals surface area (Å²) in [5.41, 5.74) is 4.90. The molecule has 0 aromatic heterocycles. The fourth-order valence-electron chi connectivity index (χ4n) is 0.936. The molecular weight excluding hydrogens is 222 g/mol. The molecule has 0 aliphatic heterocycles. The highest BCUT2D eigenvalue weighted by Crippen LogP contribution is 2.08. The average molecular weight is 230 g/mol. The van der Waals surface area contributed by atoms with Crippen LogP contribution in [0.5, 0.6) is 0 Å². The largest absolute Gasteiger partial charge is 0.392 e. The number of benzene rings is 1. The van der Waals surface area contributed by atoms with Crippen molar-refractivity contribution in [3.63, 3.8) is 0 Å². The summed E-state index contributed by atoms with van der Waals surface area (Å²) < 4.78 is 25.6. The number of amides is 1. The lowest BCUT2D eigenvalue weighted by molar-refractivity contribution is 0.0955. The number of thiocarbonyl (C=S) groups is 1. The first-order chi connectivity index (χ1) is 7.00. The number of hydrogen-bond acceptors (Lipinski definition) is 2. The minimum absolute atomic E-state index is 0.0228. The summed E-state index contributed by atoms with van der Waals surface area (Å²) in [6.45, 7) is -0.0228. The second kappa shape index (κ2) is 4.79. The van der Waals surface area contributed by atoms with Gasteiger partial charge in [0.25, 0.3) is 5.91 Å². The van der Waals surface area contributed by atoms with Crippen molar-refractivity contribution in [3.8, 4) is 0 Å². The van der Waals surface area contributed by atoms with E-state index in [2.05, 4.69) is 17.5 Å². The lowest BCUT2D eigenvalue weighted by Gasteiger charge is -2.04. The van der Waals surface area contributed by atoms with Gasteiger partial charge in [-0.15, -0.1) is 0 Å². The maximum atomic E-state index is 13.1. The minimum atomic E-state index is -0.921. The van der Waals surface area contributed by atoms with E-state index in [1.165, 1.54) is 0 Å². The number of halogens is 2. The normalized spacial score (nSPS) is 9.73. The zero-order chi connectivity index (χ0) is 11.4. The van der Waals surface area contributed by atoms with Crippen LogP contribution in [0.1, 0.15) is 10.4 Å². The molecule has 3 N–H and O–H groups in total. The Morgan fingerprint density at radius 2 is 2.13 bits per heavy atom. The lowest BCUT2D eigenvalue weighted by Crippen LogP contribution is -2.32. The fraction of sp³-hybridized carbons (Fsp3) is 0.111. The van der Waals surface area contributed by atoms with E-state index in [1.807, 2.05) is 0 Å². The van der Waals surface area contributed by atoms with Gasteiger partial charge in [0.05, 0.1) is 17.1 Å². The molecule has 0 bridgehead atoms. The van der Waals surface area contributed by atoms with Crippen molar-refractivity contribution >= 4 is 23.1 Å². The smallest absolute Gasteiger partial charge is 0.254 e. The third-order valence-corrected chi connectivity index (χ3v) is 1.74. The summed E-state index contributed by atoms with van der Waals surface area (Å²) in [4.78, 5) is 11.4. The fourth-order valence-corrected chi connectivity index (χ4v) is 1.01. The topological polar surface area (TPSA) is 55.1 Å². The predicted octanol–water partition coefficient (Wildman–Crippen LogP) is 0.981. The molecular formula is C9H8F2N2OS. The monoisotopic (exact) mass is 230 g/mol. The quantitative estimate of drug-likeness (QED) is 0.761. The average Bonchev–Trinajstić information content (AvgIpc) is 2.14. The zero-order valence-corrected chi connectivity index (χ0v) is 8.41. The Hall–Kier alpha value is -1.56. The minimum Gasteiger partial charge on any atom is -0.392 e. The van der Waals surface area contributed by atoms with E-state index in [4.69, 9.17) is 5.73 Å². The van der Waals surface area contributed by atoms with Gasteiger partial charge in [0, 0.05) is 6.07 Å². The second-order valence-corrected chi connectivity index (χ2v) is 3.30. The van der Waals surface area contributed by atoms with Crippen LogP contribution in [0, 0.1) is 11.6 Å². The Labute approximate surface area is 90.3 Å². The third kappa shape index (κ3) is 3.25. The van der Waals surface area contributed by atoms with Crippen molar-refractivity contribution in [3.05, 3.63) is 35.4 Å². The van der Waals surface area contributed by atoms with Crippen molar-refractivity contribution < 1.29 is 13.6 Å². The molecule has 1 amide bonds. The van der Waals surface area contributed by atoms with Crippen LogP contribution in [0.15, 0.2) is 18.2 Å². The van der Waals surface area contributed by atoms with Gasteiger partial charge in [-0.1, -0.05) is 12.2 Å². The standard InChI is InChI=1S/C9H8F2N2OS/c10-5-1-2-6(7(11)3-5)9(14)13-4-8(12)15/h1-3H,4H2,(H2,12,15)(H,13,14). The van der Waals surface area contributed by atoms with Crippen LogP contribution >= 0.6 is 12.2 Å². The molecule has 0 fully saturated rings. The van der Waals surface area contributed by atoms with Crippen LogP contribution < -0.4 is 11.1 Å². The molecule has 0 heterocycles. The number of carbonyl (C=O) groups is 1. The molecule has 0 saturated heterocycles. The Kier molecular flexibility index (Phi) is 3.68. The molecule has 1 rings (SSSR count). The van der Waals surface area contributed by atoms with Crippen LogP contribution in [-0.2, 0) is 0 Å². The first-order valence-electron chi connectivity index (χ1n) is 4.02. The van der Waals surface area contributed by atoms with Crippen molar-refractivity contribution in [1.82, 2.24) is 5.32 Å². The van der Waals surface area contributed by atoms with Gasteiger partial charge >= 0.3 is 0 Å². The first kappa shape index (κ1) is 11.5. The number of carbonyl (C=O) groups excluding carboxylic acids is 1. The molecule has 6 heteroatoms. The van der Waals surface area contributed by atoms with Crippen molar-refractivity contribution in [1.29, 1.82) is 0 Å². The SMILES string of the molecule is NC(=S)CNC(=O)c1ccc(F)cc1F. The van der Waals surface area contributed by atoms with E-state index < -0.39 is 17.5 Å². The number of rotatable bonds is 3. The predicted molar refractivity (Wildman–Crippen MR) is 55.5 cm³/mol. The van der Waals surface area contributed by atoms with Crippen molar-refractivity contribution in [2.24, 2.45) is 5.73 Å². The van der Waals surface area contributed by atoms with Crippen LogP contribution in [0.4, 0.5) is 8.78 Å². The van der Waals surface area contributed by atoms with Gasteiger partial charge in [-0.3, -0.25) is 4.79 Å². The number of nitrogens with one attached hydrogen (secondary N) is 1. The molecule has 15 heavy (non-hydrogen) atoms. The van der Waals surface area contributed by atoms with E-state index in [1.54, 1.807) is 0 Å². The highest BCUT2D eigenvalue weighted by molar-refractivity contribution is 7.80. The van der Waals surface area contributed by atoms with E-state index in [0.29, 0.717) is 6.07 Å². The van der Waals surface area contributed by atoms with Crippen molar-refractivity contribution in [2.45, 2.75) is 0 Å². The molecule has 0 unspecified atom stereocenters. The van der Waals surface area contributed by atoms with Gasteiger partial charge in [-0.2, -0.15) is 0 Å². The molecule has 0 saturated carbocycles. The summed E-state index contributed by atoms with van der Waals surface area (Å²) in [5.74, 6) is -2.34.